The Morgan fingerprint density at radius 3 is 2.00 bits per heavy atom. The Hall–Kier alpha value is -5.74. The van der Waals surface area contributed by atoms with Crippen molar-refractivity contribution in [1.29, 1.82) is 0 Å². The zero-order valence-electron chi connectivity index (χ0n) is 22.1. The Balaban J connectivity index is 2.08. The highest BCUT2D eigenvalue weighted by Crippen LogP contribution is 2.14. The largest absolute Gasteiger partial charge is 0.481 e. The lowest BCUT2D eigenvalue weighted by Crippen LogP contribution is -2.51. The van der Waals surface area contributed by atoms with Gasteiger partial charge in [-0.1, -0.05) is 6.58 Å². The molecule has 0 spiro atoms. The highest BCUT2D eigenvalue weighted by Gasteiger charge is 2.27. The number of rotatable bonds is 17. The van der Waals surface area contributed by atoms with E-state index in [9.17, 15) is 33.9 Å². The summed E-state index contributed by atoms with van der Waals surface area (Å²) >= 11 is 0. The van der Waals surface area contributed by atoms with Crippen molar-refractivity contribution in [1.82, 2.24) is 20.6 Å². The van der Waals surface area contributed by atoms with Gasteiger partial charge in [0.2, 0.25) is 5.91 Å². The van der Waals surface area contributed by atoms with Crippen molar-refractivity contribution in [3.63, 3.8) is 0 Å². The van der Waals surface area contributed by atoms with Crippen LogP contribution in [-0.2, 0) is 25.7 Å². The van der Waals surface area contributed by atoms with Crippen molar-refractivity contribution < 1.29 is 44.1 Å². The number of benzene rings is 1. The predicted molar refractivity (Wildman–Crippen MR) is 146 cm³/mol. The minimum atomic E-state index is -1.56. The number of nitrogens with zero attached hydrogens (tertiary/aromatic N) is 2. The van der Waals surface area contributed by atoms with Crippen LogP contribution in [-0.4, -0.2) is 73.0 Å². The maximum Gasteiger partial charge on any atom is 0.326 e. The molecule has 0 saturated heterocycles. The van der Waals surface area contributed by atoms with E-state index in [1.165, 1.54) is 30.5 Å². The molecule has 1 aromatic carbocycles. The molecule has 3 amide bonds. The fraction of sp³-hybridized carbons (Fsp3) is 0.280. The number of aromatic nitrogens is 2. The van der Waals surface area contributed by atoms with Gasteiger partial charge in [-0.25, -0.2) is 14.8 Å². The molecule has 0 aliphatic heterocycles. The smallest absolute Gasteiger partial charge is 0.326 e. The van der Waals surface area contributed by atoms with E-state index in [1.807, 2.05) is 0 Å². The van der Waals surface area contributed by atoms with Gasteiger partial charge >= 0.3 is 17.9 Å². The summed E-state index contributed by atoms with van der Waals surface area (Å²) in [5.41, 5.74) is 11.7. The van der Waals surface area contributed by atoms with Crippen LogP contribution in [0.1, 0.15) is 52.2 Å². The average molecular weight is 587 g/mol. The maximum absolute atomic E-state index is 12.8. The molecule has 0 fully saturated rings. The van der Waals surface area contributed by atoms with Crippen LogP contribution in [0.25, 0.3) is 0 Å². The number of carbonyl (C=O) groups is 6. The fourth-order valence-corrected chi connectivity index (χ4v) is 3.43. The number of hydrogen-bond acceptors (Lipinski definition) is 11. The Kier molecular flexibility index (Phi) is 11.7. The van der Waals surface area contributed by atoms with E-state index in [4.69, 9.17) is 21.7 Å². The van der Waals surface area contributed by atoms with Crippen LogP contribution in [0.5, 0.6) is 0 Å². The Morgan fingerprint density at radius 1 is 0.881 bits per heavy atom. The molecule has 17 heteroatoms. The number of hydrogen-bond donors (Lipinski definition) is 9. The molecular weight excluding hydrogens is 556 g/mol. The summed E-state index contributed by atoms with van der Waals surface area (Å²) in [6.45, 7) is 3.58. The minimum absolute atomic E-state index is 0.0378. The van der Waals surface area contributed by atoms with Crippen molar-refractivity contribution in [3.05, 3.63) is 59.8 Å². The molecule has 0 aliphatic carbocycles. The number of nitrogens with one attached hydrogen (secondary N) is 4. The number of carboxylic acid groups (broad SMARTS) is 3. The lowest BCUT2D eigenvalue weighted by molar-refractivity contribution is -0.143. The first-order chi connectivity index (χ1) is 19.8. The van der Waals surface area contributed by atoms with Gasteiger partial charge in [0.05, 0.1) is 24.3 Å². The number of nitrogens with two attached hydrogens (primary N) is 2. The van der Waals surface area contributed by atoms with E-state index >= 15 is 0 Å². The SMILES string of the molecule is C=C(N)Nc1ncc(CNc2ccc(C(=O)N[C@@H](CCC(=O)O)C(=O)N[C@H](CCC(=O)O)C(=O)O)cc2)nc1C(N)=O. The van der Waals surface area contributed by atoms with Gasteiger partial charge in [0.25, 0.3) is 11.8 Å². The van der Waals surface area contributed by atoms with E-state index in [1.54, 1.807) is 0 Å². The van der Waals surface area contributed by atoms with Crippen molar-refractivity contribution in [2.24, 2.45) is 11.5 Å². The van der Waals surface area contributed by atoms with Crippen molar-refractivity contribution >= 4 is 47.1 Å². The highest BCUT2D eigenvalue weighted by atomic mass is 16.4. The number of carbonyl (C=O) groups excluding carboxylic acids is 3. The second-order valence-electron chi connectivity index (χ2n) is 8.79. The van der Waals surface area contributed by atoms with Gasteiger partial charge in [0.15, 0.2) is 11.5 Å². The van der Waals surface area contributed by atoms with Crippen LogP contribution in [0.3, 0.4) is 0 Å². The molecule has 2 atom stereocenters. The Bertz CT molecular complexity index is 1360. The van der Waals surface area contributed by atoms with Gasteiger partial charge in [-0.15, -0.1) is 0 Å². The maximum atomic E-state index is 12.8. The summed E-state index contributed by atoms with van der Waals surface area (Å²) in [6.07, 6.45) is -0.419. The van der Waals surface area contributed by atoms with Crippen LogP contribution in [0, 0.1) is 0 Å². The number of carboxylic acids is 3. The monoisotopic (exact) mass is 586 g/mol. The quantitative estimate of drug-likeness (QED) is 0.112. The highest BCUT2D eigenvalue weighted by molar-refractivity contribution is 5.98. The summed E-state index contributed by atoms with van der Waals surface area (Å²) in [6, 6.07) is 2.92. The normalized spacial score (nSPS) is 11.8. The molecule has 0 radical (unpaired) electrons. The third-order valence-corrected chi connectivity index (χ3v) is 5.49. The molecule has 0 bridgehead atoms. The van der Waals surface area contributed by atoms with Gasteiger partial charge in [-0.2, -0.15) is 0 Å². The van der Waals surface area contributed by atoms with Crippen LogP contribution >= 0.6 is 0 Å². The number of amides is 3. The summed E-state index contributed by atoms with van der Waals surface area (Å²) in [4.78, 5) is 78.7. The zero-order valence-corrected chi connectivity index (χ0v) is 22.1. The second kappa shape index (κ2) is 15.2. The van der Waals surface area contributed by atoms with E-state index < -0.39 is 67.0 Å². The first-order valence-corrected chi connectivity index (χ1v) is 12.3. The third-order valence-electron chi connectivity index (χ3n) is 5.49. The van der Waals surface area contributed by atoms with Crippen molar-refractivity contribution in [2.45, 2.75) is 44.3 Å². The van der Waals surface area contributed by atoms with Gasteiger partial charge in [-0.3, -0.25) is 24.0 Å². The summed E-state index contributed by atoms with van der Waals surface area (Å²) in [7, 11) is 0. The van der Waals surface area contributed by atoms with Crippen LogP contribution in [0.15, 0.2) is 42.9 Å². The lowest BCUT2D eigenvalue weighted by Gasteiger charge is -2.21. The van der Waals surface area contributed by atoms with Gasteiger partial charge in [0, 0.05) is 24.1 Å². The van der Waals surface area contributed by atoms with Crippen LogP contribution in [0.4, 0.5) is 11.5 Å². The zero-order chi connectivity index (χ0) is 31.4. The van der Waals surface area contributed by atoms with Crippen molar-refractivity contribution in [2.75, 3.05) is 10.6 Å². The van der Waals surface area contributed by atoms with E-state index in [-0.39, 0.29) is 35.9 Å². The molecular formula is C25H30N8O9. The molecule has 17 nitrogen and oxygen atoms in total. The van der Waals surface area contributed by atoms with Gasteiger partial charge in [0.1, 0.15) is 12.1 Å². The molecule has 2 aromatic rings. The summed E-state index contributed by atoms with van der Waals surface area (Å²) in [5, 5.41) is 37.2. The van der Waals surface area contributed by atoms with Crippen LogP contribution in [0.2, 0.25) is 0 Å². The standard InChI is InChI=1S/C25H30N8O9/c1-12(26)30-22-20(21(27)38)31-15(11-29-22)10-28-14-4-2-13(3-5-14)23(39)32-16(6-8-18(34)35)24(40)33-17(25(41)42)7-9-19(36)37/h2-5,11,16-17,28H,1,6-10,26H2,(H2,27,38)(H,29,30)(H,32,39)(H,33,40)(H,34,35)(H,36,37)(H,41,42)/t16-,17+/m0/s1. The number of aliphatic carboxylic acids is 3. The number of primary amides is 1. The molecule has 11 N–H and O–H groups in total. The molecule has 0 aliphatic rings. The van der Waals surface area contributed by atoms with E-state index in [0.717, 1.165) is 0 Å². The van der Waals surface area contributed by atoms with Crippen molar-refractivity contribution in [3.8, 4) is 0 Å². The Morgan fingerprint density at radius 2 is 1.48 bits per heavy atom. The first-order valence-electron chi connectivity index (χ1n) is 12.3. The van der Waals surface area contributed by atoms with Gasteiger partial charge in [-0.05, 0) is 37.1 Å². The van der Waals surface area contributed by atoms with E-state index in [2.05, 4.69) is 37.8 Å². The predicted octanol–water partition coefficient (Wildman–Crippen LogP) is -0.573. The molecule has 2 rings (SSSR count). The Labute approximate surface area is 238 Å². The third kappa shape index (κ3) is 10.4. The lowest BCUT2D eigenvalue weighted by atomic mass is 10.1. The molecule has 0 saturated carbocycles. The van der Waals surface area contributed by atoms with E-state index in [0.29, 0.717) is 11.4 Å². The average Bonchev–Trinajstić information content (AvgIpc) is 2.91. The first kappa shape index (κ1) is 32.5. The summed E-state index contributed by atoms with van der Waals surface area (Å²) in [5.74, 6) is -6.48. The summed E-state index contributed by atoms with van der Waals surface area (Å²) < 4.78 is 0. The molecule has 1 aromatic heterocycles. The topological polar surface area (TPSA) is 289 Å². The minimum Gasteiger partial charge on any atom is -0.481 e. The molecule has 224 valence electrons. The fourth-order valence-electron chi connectivity index (χ4n) is 3.43. The van der Waals surface area contributed by atoms with Crippen LogP contribution < -0.4 is 32.7 Å². The second-order valence-corrected chi connectivity index (χ2v) is 8.79. The molecule has 42 heavy (non-hydrogen) atoms. The molecule has 1 heterocycles. The number of anilines is 2. The van der Waals surface area contributed by atoms with Gasteiger partial charge < -0.3 is 48.1 Å². The molecule has 0 unspecified atom stereocenters.